The first-order valence-electron chi connectivity index (χ1n) is 6.95. The van der Waals surface area contributed by atoms with E-state index in [9.17, 15) is 9.59 Å². The summed E-state index contributed by atoms with van der Waals surface area (Å²) in [7, 11) is 0. The van der Waals surface area contributed by atoms with Gasteiger partial charge in [-0.1, -0.05) is 39.0 Å². The maximum absolute atomic E-state index is 11.7. The van der Waals surface area contributed by atoms with E-state index in [1.807, 2.05) is 13.8 Å². The van der Waals surface area contributed by atoms with Crippen molar-refractivity contribution >= 4 is 28.3 Å². The van der Waals surface area contributed by atoms with Gasteiger partial charge in [-0.15, -0.1) is 10.2 Å². The van der Waals surface area contributed by atoms with Crippen molar-refractivity contribution in [2.45, 2.75) is 40.2 Å². The molecule has 1 aromatic rings. The fourth-order valence-electron chi connectivity index (χ4n) is 1.49. The monoisotopic (exact) mass is 313 g/mol. The van der Waals surface area contributed by atoms with Crippen LogP contribution in [0.25, 0.3) is 0 Å². The van der Waals surface area contributed by atoms with Crippen LogP contribution in [-0.4, -0.2) is 34.6 Å². The number of amides is 2. The maximum atomic E-state index is 11.7. The normalized spacial score (nSPS) is 12.5. The Morgan fingerprint density at radius 3 is 2.48 bits per heavy atom. The van der Waals surface area contributed by atoms with Crippen LogP contribution in [0.2, 0.25) is 0 Å². The van der Waals surface area contributed by atoms with Gasteiger partial charge in [-0.3, -0.25) is 14.9 Å². The molecule has 0 bridgehead atoms. The Labute approximate surface area is 128 Å². The molecule has 0 aliphatic heterocycles. The highest BCUT2D eigenvalue weighted by atomic mass is 32.1. The van der Waals surface area contributed by atoms with Crippen LogP contribution < -0.4 is 16.4 Å². The zero-order valence-electron chi connectivity index (χ0n) is 12.8. The van der Waals surface area contributed by atoms with Crippen molar-refractivity contribution in [2.75, 3.05) is 11.9 Å². The highest BCUT2D eigenvalue weighted by Crippen LogP contribution is 2.17. The van der Waals surface area contributed by atoms with Gasteiger partial charge in [0, 0.05) is 6.42 Å². The molecule has 0 saturated carbocycles. The lowest BCUT2D eigenvalue weighted by Crippen LogP contribution is -2.46. The van der Waals surface area contributed by atoms with Gasteiger partial charge in [0.25, 0.3) is 0 Å². The highest BCUT2D eigenvalue weighted by molar-refractivity contribution is 7.15. The molecule has 4 N–H and O–H groups in total. The molecule has 7 nitrogen and oxygen atoms in total. The highest BCUT2D eigenvalue weighted by Gasteiger charge is 2.18. The minimum absolute atomic E-state index is 0.0230. The van der Waals surface area contributed by atoms with Gasteiger partial charge < -0.3 is 11.1 Å². The van der Waals surface area contributed by atoms with E-state index in [0.29, 0.717) is 11.0 Å². The molecule has 1 heterocycles. The van der Waals surface area contributed by atoms with Crippen LogP contribution in [0.5, 0.6) is 0 Å². The molecule has 0 spiro atoms. The average Bonchev–Trinajstić information content (AvgIpc) is 2.81. The van der Waals surface area contributed by atoms with Gasteiger partial charge in [0.15, 0.2) is 0 Å². The molecule has 2 amide bonds. The number of nitrogens with one attached hydrogen (secondary N) is 2. The summed E-state index contributed by atoms with van der Waals surface area (Å²) < 4.78 is 0. The van der Waals surface area contributed by atoms with Gasteiger partial charge >= 0.3 is 0 Å². The fourth-order valence-corrected chi connectivity index (χ4v) is 2.46. The Morgan fingerprint density at radius 1 is 1.24 bits per heavy atom. The second-order valence-corrected chi connectivity index (χ2v) is 6.70. The first-order chi connectivity index (χ1) is 9.79. The lowest BCUT2D eigenvalue weighted by Gasteiger charge is -2.14. The standard InChI is InChI=1S/C13H23N5O2S/c1-7(2)5-10-17-18-13(21-10)16-9(19)6-15-12(20)11(14)8(3)4/h7-8,11H,5-6,14H2,1-4H3,(H,15,20)(H,16,18,19)/t11-/m0/s1. The molecule has 0 aliphatic rings. The minimum atomic E-state index is -0.614. The number of hydrogen-bond donors (Lipinski definition) is 3. The third-order valence-corrected chi connectivity index (χ3v) is 3.60. The number of aromatic nitrogens is 2. The molecule has 1 atom stereocenters. The molecule has 0 radical (unpaired) electrons. The number of carbonyl (C=O) groups is 2. The predicted octanol–water partition coefficient (Wildman–Crippen LogP) is 0.775. The van der Waals surface area contributed by atoms with Gasteiger partial charge in [0.05, 0.1) is 12.6 Å². The zero-order chi connectivity index (χ0) is 16.0. The molecule has 0 aliphatic carbocycles. The second kappa shape index (κ2) is 8.04. The Balaban J connectivity index is 2.40. The Morgan fingerprint density at radius 2 is 1.90 bits per heavy atom. The first kappa shape index (κ1) is 17.5. The lowest BCUT2D eigenvalue weighted by molar-refractivity contribution is -0.125. The summed E-state index contributed by atoms with van der Waals surface area (Å²) in [4.78, 5) is 23.3. The second-order valence-electron chi connectivity index (χ2n) is 5.63. The molecule has 8 heteroatoms. The molecule has 0 aromatic carbocycles. The smallest absolute Gasteiger partial charge is 0.245 e. The quantitative estimate of drug-likeness (QED) is 0.689. The largest absolute Gasteiger partial charge is 0.346 e. The molecule has 0 unspecified atom stereocenters. The van der Waals surface area contributed by atoms with E-state index in [0.717, 1.165) is 11.4 Å². The van der Waals surface area contributed by atoms with E-state index in [4.69, 9.17) is 5.73 Å². The van der Waals surface area contributed by atoms with Gasteiger partial charge in [-0.25, -0.2) is 0 Å². The molecule has 0 saturated heterocycles. The van der Waals surface area contributed by atoms with Crippen molar-refractivity contribution in [1.29, 1.82) is 0 Å². The van der Waals surface area contributed by atoms with Gasteiger partial charge in [-0.05, 0) is 11.8 Å². The molecule has 0 fully saturated rings. The van der Waals surface area contributed by atoms with Crippen LogP contribution in [0.3, 0.4) is 0 Å². The van der Waals surface area contributed by atoms with Crippen molar-refractivity contribution in [1.82, 2.24) is 15.5 Å². The average molecular weight is 313 g/mol. The van der Waals surface area contributed by atoms with Crippen LogP contribution in [0.15, 0.2) is 0 Å². The summed E-state index contributed by atoms with van der Waals surface area (Å²) in [5.74, 6) is -0.169. The summed E-state index contributed by atoms with van der Waals surface area (Å²) in [6.45, 7) is 7.75. The summed E-state index contributed by atoms with van der Waals surface area (Å²) in [6, 6.07) is -0.614. The third kappa shape index (κ3) is 6.17. The summed E-state index contributed by atoms with van der Waals surface area (Å²) in [5.41, 5.74) is 5.68. The number of rotatable bonds is 7. The van der Waals surface area contributed by atoms with Gasteiger partial charge in [0.1, 0.15) is 5.01 Å². The van der Waals surface area contributed by atoms with Crippen LogP contribution in [0.4, 0.5) is 5.13 Å². The maximum Gasteiger partial charge on any atom is 0.245 e. The van der Waals surface area contributed by atoms with E-state index in [1.165, 1.54) is 11.3 Å². The van der Waals surface area contributed by atoms with Crippen molar-refractivity contribution in [3.05, 3.63) is 5.01 Å². The predicted molar refractivity (Wildman–Crippen MR) is 82.9 cm³/mol. The van der Waals surface area contributed by atoms with Crippen molar-refractivity contribution in [2.24, 2.45) is 17.6 Å². The van der Waals surface area contributed by atoms with Crippen LogP contribution in [0.1, 0.15) is 32.7 Å². The number of anilines is 1. The number of hydrogen-bond acceptors (Lipinski definition) is 6. The van der Waals surface area contributed by atoms with Crippen molar-refractivity contribution < 1.29 is 9.59 Å². The van der Waals surface area contributed by atoms with Gasteiger partial charge in [0.2, 0.25) is 16.9 Å². The summed E-state index contributed by atoms with van der Waals surface area (Å²) in [5, 5.41) is 14.3. The first-order valence-corrected chi connectivity index (χ1v) is 7.76. The summed E-state index contributed by atoms with van der Waals surface area (Å²) in [6.07, 6.45) is 0.827. The summed E-state index contributed by atoms with van der Waals surface area (Å²) >= 11 is 1.34. The molecular formula is C13H23N5O2S. The zero-order valence-corrected chi connectivity index (χ0v) is 13.7. The molecule has 21 heavy (non-hydrogen) atoms. The number of carbonyl (C=O) groups excluding carboxylic acids is 2. The third-order valence-electron chi connectivity index (χ3n) is 2.74. The number of nitrogens with zero attached hydrogens (tertiary/aromatic N) is 2. The topological polar surface area (TPSA) is 110 Å². The van der Waals surface area contributed by atoms with Crippen LogP contribution in [0, 0.1) is 11.8 Å². The van der Waals surface area contributed by atoms with E-state index >= 15 is 0 Å². The molecule has 118 valence electrons. The lowest BCUT2D eigenvalue weighted by atomic mass is 10.1. The van der Waals surface area contributed by atoms with Gasteiger partial charge in [-0.2, -0.15) is 0 Å². The SMILES string of the molecule is CC(C)Cc1nnc(NC(=O)CNC(=O)[C@@H](N)C(C)C)s1. The van der Waals surface area contributed by atoms with Crippen molar-refractivity contribution in [3.8, 4) is 0 Å². The molecular weight excluding hydrogens is 290 g/mol. The molecule has 1 aromatic heterocycles. The number of nitrogens with two attached hydrogens (primary N) is 1. The van der Waals surface area contributed by atoms with E-state index in [2.05, 4.69) is 34.7 Å². The van der Waals surface area contributed by atoms with E-state index in [1.54, 1.807) is 0 Å². The van der Waals surface area contributed by atoms with Crippen molar-refractivity contribution in [3.63, 3.8) is 0 Å². The Bertz CT molecular complexity index is 487. The van der Waals surface area contributed by atoms with Crippen LogP contribution >= 0.6 is 11.3 Å². The Kier molecular flexibility index (Phi) is 6.70. The molecule has 1 rings (SSSR count). The van der Waals surface area contributed by atoms with E-state index in [-0.39, 0.29) is 24.3 Å². The minimum Gasteiger partial charge on any atom is -0.346 e. The fraction of sp³-hybridized carbons (Fsp3) is 0.692. The van der Waals surface area contributed by atoms with E-state index < -0.39 is 6.04 Å². The Hall–Kier alpha value is -1.54. The van der Waals surface area contributed by atoms with Crippen LogP contribution in [-0.2, 0) is 16.0 Å².